The predicted octanol–water partition coefficient (Wildman–Crippen LogP) is 5.68. The zero-order chi connectivity index (χ0) is 28.8. The highest BCUT2D eigenvalue weighted by Crippen LogP contribution is 2.43. The van der Waals surface area contributed by atoms with E-state index < -0.39 is 28.4 Å². The SMILES string of the molecule is [2H]C([2H])([2H])n1c(-c2ccc(NC(=O)C(=C)C)cc2F)c(-c2ccc(N=S3(=O)C=CC=C3)cc2)c2c(N)ncnc21. The van der Waals surface area contributed by atoms with Crippen molar-refractivity contribution >= 4 is 43.9 Å². The van der Waals surface area contributed by atoms with Crippen LogP contribution in [-0.4, -0.2) is 24.7 Å². The summed E-state index contributed by atoms with van der Waals surface area (Å²) in [5.74, 6) is -1.26. The van der Waals surface area contributed by atoms with Crippen LogP contribution in [0.2, 0.25) is 0 Å². The molecule has 0 saturated heterocycles. The molecule has 0 aliphatic carbocycles. The fourth-order valence-electron chi connectivity index (χ4n) is 3.97. The zero-order valence-electron chi connectivity index (χ0n) is 22.6. The molecule has 0 saturated carbocycles. The van der Waals surface area contributed by atoms with Crippen LogP contribution >= 0.6 is 0 Å². The lowest BCUT2D eigenvalue weighted by atomic mass is 9.98. The van der Waals surface area contributed by atoms with Gasteiger partial charge in [-0.1, -0.05) is 30.9 Å². The van der Waals surface area contributed by atoms with Crippen LogP contribution in [0.5, 0.6) is 0 Å². The number of nitrogens with zero attached hydrogens (tertiary/aromatic N) is 4. The second kappa shape index (κ2) is 9.14. The summed E-state index contributed by atoms with van der Waals surface area (Å²) >= 11 is 0. The van der Waals surface area contributed by atoms with E-state index in [1.807, 2.05) is 0 Å². The van der Waals surface area contributed by atoms with E-state index in [1.54, 1.807) is 36.4 Å². The first-order valence-corrected chi connectivity index (χ1v) is 12.7. The minimum absolute atomic E-state index is 0.00486. The van der Waals surface area contributed by atoms with Gasteiger partial charge in [0.25, 0.3) is 5.91 Å². The molecule has 0 atom stereocenters. The summed E-state index contributed by atoms with van der Waals surface area (Å²) in [5, 5.41) is 5.78. The highest BCUT2D eigenvalue weighted by Gasteiger charge is 2.24. The van der Waals surface area contributed by atoms with Crippen molar-refractivity contribution < 1.29 is 17.5 Å². The van der Waals surface area contributed by atoms with Crippen LogP contribution in [0.3, 0.4) is 0 Å². The molecule has 0 unspecified atom stereocenters. The first-order valence-electron chi connectivity index (χ1n) is 12.5. The van der Waals surface area contributed by atoms with Crippen LogP contribution in [0.25, 0.3) is 33.4 Å². The molecule has 37 heavy (non-hydrogen) atoms. The van der Waals surface area contributed by atoms with E-state index in [2.05, 4.69) is 26.2 Å². The van der Waals surface area contributed by atoms with E-state index in [4.69, 9.17) is 9.85 Å². The van der Waals surface area contributed by atoms with E-state index in [0.29, 0.717) is 16.8 Å². The van der Waals surface area contributed by atoms with Gasteiger partial charge in [-0.3, -0.25) is 4.79 Å². The number of nitrogens with one attached hydrogen (secondary N) is 1. The molecule has 1 amide bonds. The number of rotatable bonds is 5. The van der Waals surface area contributed by atoms with E-state index in [1.165, 1.54) is 29.9 Å². The van der Waals surface area contributed by atoms with Crippen LogP contribution in [0.4, 0.5) is 21.6 Å². The number of allylic oxidation sites excluding steroid dienone is 2. The van der Waals surface area contributed by atoms with Gasteiger partial charge in [0.05, 0.1) is 26.5 Å². The number of benzene rings is 2. The van der Waals surface area contributed by atoms with Crippen LogP contribution in [0, 0.1) is 5.82 Å². The standard InChI is InChI=1S/C27H23FN6O2S/c1-16(2)27(35)32-19-10-11-20(21(28)14-19)24-22(23-25(29)30-15-31-26(23)34(24)3)17-6-8-18(9-7-17)33-37(36)12-4-5-13-37/h4-15H,1H2,2-3H3,(H,32,35)(H2,29,30,31)/i3D3. The van der Waals surface area contributed by atoms with Gasteiger partial charge in [0.1, 0.15) is 23.6 Å². The van der Waals surface area contributed by atoms with Crippen LogP contribution in [0.1, 0.15) is 11.0 Å². The molecule has 4 aromatic rings. The van der Waals surface area contributed by atoms with Gasteiger partial charge >= 0.3 is 0 Å². The Kier molecular flexibility index (Phi) is 5.09. The number of aromatic nitrogens is 3. The van der Waals surface area contributed by atoms with Gasteiger partial charge in [-0.25, -0.2) is 18.6 Å². The molecular weight excluding hydrogens is 491 g/mol. The molecule has 2 aromatic heterocycles. The van der Waals surface area contributed by atoms with Crippen molar-refractivity contribution in [3.8, 4) is 22.4 Å². The van der Waals surface area contributed by atoms with Gasteiger partial charge in [-0.15, -0.1) is 0 Å². The van der Waals surface area contributed by atoms with Gasteiger partial charge in [-0.2, -0.15) is 4.36 Å². The molecule has 2 aromatic carbocycles. The molecular formula is C27H23FN6O2S. The second-order valence-electron chi connectivity index (χ2n) is 8.35. The van der Waals surface area contributed by atoms with E-state index in [0.717, 1.165) is 17.0 Å². The van der Waals surface area contributed by atoms with Crippen molar-refractivity contribution in [1.29, 1.82) is 0 Å². The van der Waals surface area contributed by atoms with E-state index in [-0.39, 0.29) is 39.4 Å². The fraction of sp³-hybridized carbons (Fsp3) is 0.0741. The molecule has 0 fully saturated rings. The molecule has 10 heteroatoms. The normalized spacial score (nSPS) is 15.2. The lowest BCUT2D eigenvalue weighted by molar-refractivity contribution is -0.112. The average Bonchev–Trinajstić information content (AvgIpc) is 3.46. The van der Waals surface area contributed by atoms with Crippen molar-refractivity contribution in [2.45, 2.75) is 6.92 Å². The first kappa shape index (κ1) is 20.6. The summed E-state index contributed by atoms with van der Waals surface area (Å²) < 4.78 is 58.5. The highest BCUT2D eigenvalue weighted by atomic mass is 32.2. The van der Waals surface area contributed by atoms with Crippen molar-refractivity contribution in [2.24, 2.45) is 11.3 Å². The maximum atomic E-state index is 15.7. The van der Waals surface area contributed by atoms with Crippen molar-refractivity contribution in [3.63, 3.8) is 0 Å². The number of halogens is 1. The zero-order valence-corrected chi connectivity index (χ0v) is 20.4. The summed E-state index contributed by atoms with van der Waals surface area (Å²) in [6.45, 7) is 2.31. The number of hydrogen-bond acceptors (Lipinski definition) is 6. The van der Waals surface area contributed by atoms with E-state index in [9.17, 15) is 9.00 Å². The Morgan fingerprint density at radius 1 is 1.19 bits per heavy atom. The van der Waals surface area contributed by atoms with Crippen LogP contribution in [-0.2, 0) is 21.5 Å². The maximum Gasteiger partial charge on any atom is 0.250 e. The maximum absolute atomic E-state index is 15.7. The second-order valence-corrected chi connectivity index (χ2v) is 10.3. The number of aryl methyl sites for hydroxylation is 1. The number of nitrogens with two attached hydrogens (primary N) is 1. The van der Waals surface area contributed by atoms with Crippen molar-refractivity contribution in [3.05, 3.63) is 89.7 Å². The Morgan fingerprint density at radius 3 is 2.57 bits per heavy atom. The summed E-state index contributed by atoms with van der Waals surface area (Å²) in [5.41, 5.74) is 7.77. The molecule has 1 aliphatic rings. The lowest BCUT2D eigenvalue weighted by Crippen LogP contribution is -2.12. The molecule has 0 spiro atoms. The van der Waals surface area contributed by atoms with Crippen molar-refractivity contribution in [2.75, 3.05) is 11.1 Å². The smallest absolute Gasteiger partial charge is 0.250 e. The Bertz CT molecular complexity index is 1870. The summed E-state index contributed by atoms with van der Waals surface area (Å²) in [7, 11) is -2.66. The predicted molar refractivity (Wildman–Crippen MR) is 146 cm³/mol. The number of fused-ring (bicyclic) bond motifs is 1. The quantitative estimate of drug-likeness (QED) is 0.331. The third kappa shape index (κ3) is 4.43. The average molecular weight is 518 g/mol. The topological polar surface area (TPSA) is 115 Å². The third-order valence-electron chi connectivity index (χ3n) is 5.71. The van der Waals surface area contributed by atoms with Gasteiger partial charge in [-0.05, 0) is 42.8 Å². The summed E-state index contributed by atoms with van der Waals surface area (Å²) in [6.07, 6.45) is 4.45. The molecule has 3 N–H and O–H groups in total. The Labute approximate surface area is 217 Å². The summed E-state index contributed by atoms with van der Waals surface area (Å²) in [4.78, 5) is 20.3. The highest BCUT2D eigenvalue weighted by molar-refractivity contribution is 7.99. The van der Waals surface area contributed by atoms with Gasteiger partial charge in [0.15, 0.2) is 0 Å². The molecule has 1 aliphatic heterocycles. The largest absolute Gasteiger partial charge is 0.383 e. The Hall–Kier alpha value is -4.57. The fourth-order valence-corrected chi connectivity index (χ4v) is 5.26. The molecule has 0 bridgehead atoms. The molecule has 3 heterocycles. The number of carbonyl (C=O) groups is 1. The lowest BCUT2D eigenvalue weighted by Gasteiger charge is -2.12. The number of amides is 1. The molecule has 186 valence electrons. The van der Waals surface area contributed by atoms with Crippen molar-refractivity contribution in [1.82, 2.24) is 14.5 Å². The number of hydrogen-bond donors (Lipinski definition) is 2. The van der Waals surface area contributed by atoms with Gasteiger partial charge in [0, 0.05) is 44.3 Å². The van der Waals surface area contributed by atoms with Gasteiger partial charge in [0.2, 0.25) is 0 Å². The van der Waals surface area contributed by atoms with Crippen LogP contribution < -0.4 is 11.1 Å². The molecule has 0 radical (unpaired) electrons. The Balaban J connectivity index is 1.76. The first-order chi connectivity index (χ1) is 18.9. The Morgan fingerprint density at radius 2 is 1.92 bits per heavy atom. The third-order valence-corrected chi connectivity index (χ3v) is 7.30. The minimum Gasteiger partial charge on any atom is -0.383 e. The number of anilines is 2. The molecule has 5 rings (SSSR count). The van der Waals surface area contributed by atoms with Crippen LogP contribution in [0.15, 0.2) is 88.3 Å². The number of nitrogen functional groups attached to an aromatic ring is 1. The monoisotopic (exact) mass is 517 g/mol. The van der Waals surface area contributed by atoms with E-state index >= 15 is 4.39 Å². The number of carbonyl (C=O) groups excluding carboxylic acids is 1. The minimum atomic E-state index is -2.78. The molecule has 8 nitrogen and oxygen atoms in total. The summed E-state index contributed by atoms with van der Waals surface area (Å²) in [6, 6.07) is 10.5. The van der Waals surface area contributed by atoms with Gasteiger partial charge < -0.3 is 15.6 Å².